The number of hydrogen-bond donors (Lipinski definition) is 0. The van der Waals surface area contributed by atoms with E-state index in [2.05, 4.69) is 21.1 Å². The summed E-state index contributed by atoms with van der Waals surface area (Å²) in [5, 5.41) is 13.3. The molecule has 3 aromatic heterocycles. The number of hydrogen-bond acceptors (Lipinski definition) is 5. The van der Waals surface area contributed by atoms with E-state index in [1.165, 1.54) is 0 Å². The Bertz CT molecular complexity index is 1030. The third-order valence-electron chi connectivity index (χ3n) is 3.50. The lowest BCUT2D eigenvalue weighted by molar-refractivity contribution is 0.453. The topological polar surface area (TPSA) is 76.1 Å². The highest BCUT2D eigenvalue weighted by molar-refractivity contribution is 5.62. The Balaban J connectivity index is 1.71. The van der Waals surface area contributed by atoms with E-state index in [1.807, 2.05) is 18.2 Å². The minimum atomic E-state index is 0.440. The van der Waals surface area contributed by atoms with Gasteiger partial charge in [0.05, 0.1) is 23.5 Å². The van der Waals surface area contributed by atoms with E-state index in [0.29, 0.717) is 17.2 Å². The number of ether oxygens (including phenoxy) is 1. The van der Waals surface area contributed by atoms with Crippen LogP contribution in [0.5, 0.6) is 11.6 Å². The molecule has 0 saturated carbocycles. The van der Waals surface area contributed by atoms with Crippen molar-refractivity contribution >= 4 is 5.65 Å². The monoisotopic (exact) mass is 313 g/mol. The Morgan fingerprint density at radius 1 is 1.00 bits per heavy atom. The predicted molar refractivity (Wildman–Crippen MR) is 87.4 cm³/mol. The summed E-state index contributed by atoms with van der Waals surface area (Å²) in [6.07, 6.45) is 5.24. The molecule has 4 rings (SSSR count). The molecule has 0 N–H and O–H groups in total. The molecule has 0 amide bonds. The summed E-state index contributed by atoms with van der Waals surface area (Å²) in [7, 11) is 0. The molecule has 4 aromatic rings. The molecule has 0 radical (unpaired) electrons. The Morgan fingerprint density at radius 3 is 2.62 bits per heavy atom. The van der Waals surface area contributed by atoms with Crippen LogP contribution < -0.4 is 4.74 Å². The number of aromatic nitrogens is 4. The highest BCUT2D eigenvalue weighted by Gasteiger charge is 2.09. The van der Waals surface area contributed by atoms with E-state index in [0.717, 1.165) is 16.9 Å². The Morgan fingerprint density at radius 2 is 1.88 bits per heavy atom. The van der Waals surface area contributed by atoms with Crippen molar-refractivity contribution in [2.75, 3.05) is 0 Å². The number of benzene rings is 1. The van der Waals surface area contributed by atoms with Gasteiger partial charge in [-0.15, -0.1) is 5.10 Å². The van der Waals surface area contributed by atoms with Gasteiger partial charge in [0, 0.05) is 24.0 Å². The molecule has 6 nitrogen and oxygen atoms in total. The van der Waals surface area contributed by atoms with Crippen LogP contribution in [-0.4, -0.2) is 19.6 Å². The molecule has 6 heteroatoms. The van der Waals surface area contributed by atoms with Crippen LogP contribution in [0.2, 0.25) is 0 Å². The van der Waals surface area contributed by atoms with E-state index < -0.39 is 0 Å². The van der Waals surface area contributed by atoms with Crippen molar-refractivity contribution in [3.63, 3.8) is 0 Å². The van der Waals surface area contributed by atoms with Gasteiger partial charge in [0.2, 0.25) is 5.88 Å². The number of nitriles is 1. The number of nitrogens with zero attached hydrogens (tertiary/aromatic N) is 5. The van der Waals surface area contributed by atoms with Crippen LogP contribution in [0.4, 0.5) is 0 Å². The second-order valence-corrected chi connectivity index (χ2v) is 5.06. The summed E-state index contributed by atoms with van der Waals surface area (Å²) in [6, 6.07) is 16.4. The number of fused-ring (bicyclic) bond motifs is 1. The van der Waals surface area contributed by atoms with Crippen molar-refractivity contribution in [1.82, 2.24) is 19.6 Å². The molecule has 0 aliphatic carbocycles. The first kappa shape index (κ1) is 13.9. The third-order valence-corrected chi connectivity index (χ3v) is 3.50. The average molecular weight is 313 g/mol. The molecule has 0 saturated heterocycles. The van der Waals surface area contributed by atoms with Crippen molar-refractivity contribution in [2.45, 2.75) is 0 Å². The fourth-order valence-corrected chi connectivity index (χ4v) is 2.34. The molecule has 0 aliphatic rings. The lowest BCUT2D eigenvalue weighted by Crippen LogP contribution is -1.97. The van der Waals surface area contributed by atoms with E-state index >= 15 is 0 Å². The highest BCUT2D eigenvalue weighted by atomic mass is 16.5. The minimum Gasteiger partial charge on any atom is -0.438 e. The molecule has 114 valence electrons. The van der Waals surface area contributed by atoms with Crippen molar-refractivity contribution in [2.24, 2.45) is 0 Å². The van der Waals surface area contributed by atoms with Crippen molar-refractivity contribution in [3.05, 3.63) is 72.7 Å². The van der Waals surface area contributed by atoms with E-state index in [9.17, 15) is 0 Å². The first-order valence-corrected chi connectivity index (χ1v) is 7.27. The van der Waals surface area contributed by atoms with Crippen LogP contribution in [0.1, 0.15) is 5.56 Å². The summed E-state index contributed by atoms with van der Waals surface area (Å²) in [4.78, 5) is 8.47. The third kappa shape index (κ3) is 2.55. The molecule has 3 heterocycles. The minimum absolute atomic E-state index is 0.440. The second-order valence-electron chi connectivity index (χ2n) is 5.06. The van der Waals surface area contributed by atoms with Gasteiger partial charge in [-0.1, -0.05) is 0 Å². The van der Waals surface area contributed by atoms with Gasteiger partial charge in [-0.05, 0) is 42.5 Å². The molecule has 0 fully saturated rings. The molecular weight excluding hydrogens is 302 g/mol. The van der Waals surface area contributed by atoms with Crippen LogP contribution in [0.15, 0.2) is 67.1 Å². The predicted octanol–water partition coefficient (Wildman–Crippen LogP) is 3.46. The molecule has 0 spiro atoms. The maximum atomic E-state index is 8.83. The van der Waals surface area contributed by atoms with Gasteiger partial charge in [0.25, 0.3) is 0 Å². The smallest absolute Gasteiger partial charge is 0.237 e. The second kappa shape index (κ2) is 5.82. The zero-order valence-electron chi connectivity index (χ0n) is 12.5. The van der Waals surface area contributed by atoms with E-state index in [4.69, 9.17) is 10.00 Å². The SMILES string of the molecule is N#Cc1ccc(Oc2ccc3ncc(-c4cccnc4)n3n2)cc1. The summed E-state index contributed by atoms with van der Waals surface area (Å²) >= 11 is 0. The van der Waals surface area contributed by atoms with Gasteiger partial charge in [0.1, 0.15) is 5.75 Å². The van der Waals surface area contributed by atoms with Crippen LogP contribution in [0.3, 0.4) is 0 Å². The Hall–Kier alpha value is -3.72. The van der Waals surface area contributed by atoms with Gasteiger partial charge in [-0.2, -0.15) is 5.26 Å². The molecule has 0 bridgehead atoms. The van der Waals surface area contributed by atoms with E-state index in [-0.39, 0.29) is 0 Å². The fraction of sp³-hybridized carbons (Fsp3) is 0. The molecular formula is C18H11N5O. The zero-order valence-corrected chi connectivity index (χ0v) is 12.5. The normalized spacial score (nSPS) is 10.5. The number of rotatable bonds is 3. The molecule has 0 atom stereocenters. The van der Waals surface area contributed by atoms with Gasteiger partial charge < -0.3 is 4.74 Å². The molecule has 1 aromatic carbocycles. The highest BCUT2D eigenvalue weighted by Crippen LogP contribution is 2.23. The summed E-state index contributed by atoms with van der Waals surface area (Å²) in [6.45, 7) is 0. The molecule has 24 heavy (non-hydrogen) atoms. The van der Waals surface area contributed by atoms with Gasteiger partial charge in [-0.3, -0.25) is 4.98 Å². The lowest BCUT2D eigenvalue weighted by Gasteiger charge is -2.06. The van der Waals surface area contributed by atoms with Gasteiger partial charge in [-0.25, -0.2) is 9.50 Å². The molecule has 0 aliphatic heterocycles. The first-order valence-electron chi connectivity index (χ1n) is 7.27. The summed E-state index contributed by atoms with van der Waals surface area (Å²) in [5.74, 6) is 1.05. The average Bonchev–Trinajstić information content (AvgIpc) is 3.06. The fourth-order valence-electron chi connectivity index (χ4n) is 2.34. The number of imidazole rings is 1. The van der Waals surface area contributed by atoms with E-state index in [1.54, 1.807) is 53.4 Å². The standard InChI is InChI=1S/C18H11N5O/c19-10-13-3-5-15(6-4-13)24-18-8-7-17-21-12-16(23(17)22-18)14-2-1-9-20-11-14/h1-9,11-12H. The first-order chi connectivity index (χ1) is 11.8. The van der Waals surface area contributed by atoms with Gasteiger partial charge >= 0.3 is 0 Å². The van der Waals surface area contributed by atoms with Crippen LogP contribution >= 0.6 is 0 Å². The van der Waals surface area contributed by atoms with Crippen LogP contribution in [-0.2, 0) is 0 Å². The van der Waals surface area contributed by atoms with Crippen LogP contribution in [0.25, 0.3) is 16.9 Å². The Labute approximate surface area is 137 Å². The van der Waals surface area contributed by atoms with Crippen molar-refractivity contribution < 1.29 is 4.74 Å². The quantitative estimate of drug-likeness (QED) is 0.579. The van der Waals surface area contributed by atoms with Gasteiger partial charge in [0.15, 0.2) is 5.65 Å². The van der Waals surface area contributed by atoms with Crippen molar-refractivity contribution in [1.29, 1.82) is 5.26 Å². The zero-order chi connectivity index (χ0) is 16.4. The Kier molecular flexibility index (Phi) is 3.37. The maximum Gasteiger partial charge on any atom is 0.237 e. The summed E-state index contributed by atoms with van der Waals surface area (Å²) < 4.78 is 7.48. The number of pyridine rings is 1. The summed E-state index contributed by atoms with van der Waals surface area (Å²) in [5.41, 5.74) is 3.07. The largest absolute Gasteiger partial charge is 0.438 e. The molecule has 0 unspecified atom stereocenters. The lowest BCUT2D eigenvalue weighted by atomic mass is 10.2. The van der Waals surface area contributed by atoms with Crippen LogP contribution in [0, 0.1) is 11.3 Å². The van der Waals surface area contributed by atoms with Crippen molar-refractivity contribution in [3.8, 4) is 29.0 Å². The maximum absolute atomic E-state index is 8.83.